The number of phosphoric ester groups is 1. The minimum atomic E-state index is -4.18. The number of phosphoric acid groups is 1. The first-order chi connectivity index (χ1) is 18.4. The summed E-state index contributed by atoms with van der Waals surface area (Å²) in [4.78, 5) is 52.7. The molecule has 3 unspecified atom stereocenters. The maximum absolute atomic E-state index is 13.4. The highest BCUT2D eigenvalue weighted by Gasteiger charge is 2.39. The molecule has 1 fully saturated rings. The zero-order valence-corrected chi connectivity index (χ0v) is 25.0. The molecule has 1 aliphatic rings. The van der Waals surface area contributed by atoms with Crippen molar-refractivity contribution in [1.29, 1.82) is 0 Å². The summed E-state index contributed by atoms with van der Waals surface area (Å²) in [5.74, 6) is 0.0837. The molecule has 0 radical (unpaired) electrons. The summed E-state index contributed by atoms with van der Waals surface area (Å²) in [6.45, 7) is 7.99. The van der Waals surface area contributed by atoms with Gasteiger partial charge < -0.3 is 4.74 Å². The average Bonchev–Trinajstić information content (AvgIpc) is 3.27. The average molecular weight is 608 g/mol. The van der Waals surface area contributed by atoms with Gasteiger partial charge in [0.1, 0.15) is 6.23 Å². The lowest BCUT2D eigenvalue weighted by atomic mass is 10.1. The largest absolute Gasteiger partial charge is 0.474 e. The highest BCUT2D eigenvalue weighted by atomic mass is 32.2. The number of carbonyl (C=O) groups is 2. The molecular formula is C22H34N5O9PS2. The predicted molar refractivity (Wildman–Crippen MR) is 148 cm³/mol. The van der Waals surface area contributed by atoms with Gasteiger partial charge in [-0.15, -0.1) is 0 Å². The molecule has 218 valence electrons. The van der Waals surface area contributed by atoms with Crippen molar-refractivity contribution >= 4 is 41.6 Å². The van der Waals surface area contributed by atoms with Crippen molar-refractivity contribution < 1.29 is 32.5 Å². The van der Waals surface area contributed by atoms with E-state index in [2.05, 4.69) is 15.0 Å². The Morgan fingerprint density at radius 2 is 1.72 bits per heavy atom. The number of thioether (sulfide) groups is 2. The van der Waals surface area contributed by atoms with E-state index in [1.165, 1.54) is 17.7 Å². The van der Waals surface area contributed by atoms with Crippen molar-refractivity contribution in [3.05, 3.63) is 43.0 Å². The number of nitrogens with zero attached hydrogens (tertiary/aromatic N) is 4. The molecule has 1 aromatic rings. The van der Waals surface area contributed by atoms with Crippen LogP contribution in [0.3, 0.4) is 0 Å². The lowest BCUT2D eigenvalue weighted by Crippen LogP contribution is -2.33. The van der Waals surface area contributed by atoms with Gasteiger partial charge in [0.15, 0.2) is 10.2 Å². The normalized spacial score (nSPS) is 19.4. The maximum atomic E-state index is 13.4. The van der Waals surface area contributed by atoms with Crippen LogP contribution in [0.4, 0.5) is 0 Å². The second-order valence-corrected chi connectivity index (χ2v) is 13.0. The number of ether oxygens (including phenoxy) is 1. The minimum Gasteiger partial charge on any atom is -0.352 e. The number of H-pyrrole nitrogens is 1. The second kappa shape index (κ2) is 15.8. The Morgan fingerprint density at radius 1 is 1.15 bits per heavy atom. The summed E-state index contributed by atoms with van der Waals surface area (Å²) >= 11 is 2.06. The Hall–Kier alpha value is -1.90. The van der Waals surface area contributed by atoms with Gasteiger partial charge >= 0.3 is 13.5 Å². The lowest BCUT2D eigenvalue weighted by Gasteiger charge is -2.21. The summed E-state index contributed by atoms with van der Waals surface area (Å²) in [7, 11) is -4.18. The first-order valence-electron chi connectivity index (χ1n) is 12.3. The molecule has 14 nitrogen and oxygen atoms in total. The Labute approximate surface area is 234 Å². The van der Waals surface area contributed by atoms with Crippen LogP contribution in [-0.2, 0) is 32.5 Å². The smallest absolute Gasteiger partial charge is 0.352 e. The third kappa shape index (κ3) is 10.5. The molecule has 0 spiro atoms. The molecule has 0 aliphatic carbocycles. The number of aryl methyl sites for hydroxylation is 1. The van der Waals surface area contributed by atoms with Gasteiger partial charge in [-0.2, -0.15) is 0 Å². The Bertz CT molecular complexity index is 1180. The zero-order chi connectivity index (χ0) is 29.2. The van der Waals surface area contributed by atoms with Gasteiger partial charge in [-0.3, -0.25) is 37.5 Å². The summed E-state index contributed by atoms with van der Waals surface area (Å²) < 4.78 is 36.8. The molecule has 17 heteroatoms. The fourth-order valence-electron chi connectivity index (χ4n) is 3.22. The third-order valence-electron chi connectivity index (χ3n) is 5.35. The van der Waals surface area contributed by atoms with Gasteiger partial charge in [0, 0.05) is 46.4 Å². The topological polar surface area (TPSA) is 192 Å². The van der Waals surface area contributed by atoms with Gasteiger partial charge in [-0.25, -0.2) is 9.36 Å². The highest BCUT2D eigenvalue weighted by Crippen LogP contribution is 2.50. The molecule has 1 aliphatic heterocycles. The molecule has 2 heterocycles. The summed E-state index contributed by atoms with van der Waals surface area (Å²) in [6, 6.07) is -0.786. The van der Waals surface area contributed by atoms with Crippen molar-refractivity contribution in [2.24, 2.45) is 17.0 Å². The molecular weight excluding hydrogens is 573 g/mol. The second-order valence-electron chi connectivity index (χ2n) is 9.17. The standard InChI is InChI=1S/C22H34N5O9PS2/c1-13(2)20(29)38-8-6-33-37(32,34-7-9-39-21(30)14(3)4)35-12-17-16(25-26-23)10-18(36-17)27-11-15(5)19(28)24-22(27)31/h11,13-14,16-18H,6-10,12H2,1-5H3,(H,24,28,31). The van der Waals surface area contributed by atoms with E-state index in [1.54, 1.807) is 27.7 Å². The number of hydrogen-bond acceptors (Lipinski definition) is 12. The van der Waals surface area contributed by atoms with Crippen LogP contribution < -0.4 is 11.2 Å². The Balaban J connectivity index is 2.09. The monoisotopic (exact) mass is 607 g/mol. The van der Waals surface area contributed by atoms with Gasteiger partial charge in [0.05, 0.1) is 32.0 Å². The summed E-state index contributed by atoms with van der Waals surface area (Å²) in [5.41, 5.74) is 8.06. The molecule has 0 aromatic carbocycles. The summed E-state index contributed by atoms with van der Waals surface area (Å²) in [5, 5.41) is 3.61. The number of rotatable bonds is 15. The summed E-state index contributed by atoms with van der Waals surface area (Å²) in [6.07, 6.45) is -0.363. The van der Waals surface area contributed by atoms with Gasteiger partial charge in [-0.1, -0.05) is 56.3 Å². The number of azide groups is 1. The van der Waals surface area contributed by atoms with Crippen molar-refractivity contribution in [3.8, 4) is 0 Å². The zero-order valence-electron chi connectivity index (χ0n) is 22.4. The van der Waals surface area contributed by atoms with E-state index in [9.17, 15) is 23.7 Å². The quantitative estimate of drug-likeness (QED) is 0.100. The van der Waals surface area contributed by atoms with E-state index < -0.39 is 37.4 Å². The van der Waals surface area contributed by atoms with Crippen LogP contribution in [-0.4, -0.2) is 63.3 Å². The molecule has 0 amide bonds. The van der Waals surface area contributed by atoms with E-state index in [-0.39, 0.29) is 65.4 Å². The number of aromatic nitrogens is 2. The third-order valence-corrected chi connectivity index (χ3v) is 9.07. The number of carbonyl (C=O) groups excluding carboxylic acids is 2. The van der Waals surface area contributed by atoms with Crippen LogP contribution in [0, 0.1) is 18.8 Å². The van der Waals surface area contributed by atoms with Crippen LogP contribution in [0.25, 0.3) is 10.4 Å². The van der Waals surface area contributed by atoms with E-state index in [1.807, 2.05) is 0 Å². The van der Waals surface area contributed by atoms with E-state index in [4.69, 9.17) is 23.8 Å². The van der Waals surface area contributed by atoms with Crippen LogP contribution in [0.5, 0.6) is 0 Å². The van der Waals surface area contributed by atoms with Crippen molar-refractivity contribution in [2.45, 2.75) is 59.4 Å². The fraction of sp³-hybridized carbons (Fsp3) is 0.727. The minimum absolute atomic E-state index is 0.0470. The fourth-order valence-corrected chi connectivity index (χ4v) is 6.05. The maximum Gasteiger partial charge on any atom is 0.474 e. The Morgan fingerprint density at radius 3 is 2.23 bits per heavy atom. The van der Waals surface area contributed by atoms with Gasteiger partial charge in [0.25, 0.3) is 5.56 Å². The van der Waals surface area contributed by atoms with Crippen LogP contribution in [0.15, 0.2) is 20.9 Å². The molecule has 3 atom stereocenters. The Kier molecular flexibility index (Phi) is 13.5. The van der Waals surface area contributed by atoms with Crippen molar-refractivity contribution in [1.82, 2.24) is 9.55 Å². The lowest BCUT2D eigenvalue weighted by molar-refractivity contribution is -0.114. The molecule has 0 bridgehead atoms. The van der Waals surface area contributed by atoms with Crippen molar-refractivity contribution in [3.63, 3.8) is 0 Å². The number of aromatic amines is 1. The van der Waals surface area contributed by atoms with Crippen LogP contribution in [0.1, 0.15) is 45.9 Å². The molecule has 1 saturated heterocycles. The van der Waals surface area contributed by atoms with E-state index >= 15 is 0 Å². The SMILES string of the molecule is Cc1cn(C2CC(N=[N+]=[N-])C(COP(=O)(OCCSC(=O)C(C)C)OCCSC(=O)C(C)C)O2)c(=O)[nH]c1=O. The molecule has 1 N–H and O–H groups in total. The number of nitrogens with one attached hydrogen (secondary N) is 1. The molecule has 2 rings (SSSR count). The van der Waals surface area contributed by atoms with Crippen molar-refractivity contribution in [2.75, 3.05) is 31.3 Å². The van der Waals surface area contributed by atoms with Crippen LogP contribution in [0.2, 0.25) is 0 Å². The van der Waals surface area contributed by atoms with Gasteiger partial charge in [0.2, 0.25) is 0 Å². The van der Waals surface area contributed by atoms with Crippen LogP contribution >= 0.6 is 31.3 Å². The molecule has 0 saturated carbocycles. The molecule has 39 heavy (non-hydrogen) atoms. The molecule has 1 aromatic heterocycles. The first kappa shape index (κ1) is 33.3. The highest BCUT2D eigenvalue weighted by molar-refractivity contribution is 8.13. The van der Waals surface area contributed by atoms with E-state index in [0.29, 0.717) is 0 Å². The van der Waals surface area contributed by atoms with E-state index in [0.717, 1.165) is 23.5 Å². The predicted octanol–water partition coefficient (Wildman–Crippen LogP) is 3.80. The number of hydrogen-bond donors (Lipinski definition) is 1. The van der Waals surface area contributed by atoms with Gasteiger partial charge in [-0.05, 0) is 12.5 Å². The first-order valence-corrected chi connectivity index (χ1v) is 15.7.